The lowest BCUT2D eigenvalue weighted by Crippen LogP contribution is -2.26. The number of hydrogen-bond acceptors (Lipinski definition) is 4. The normalized spacial score (nSPS) is 13.7. The van der Waals surface area contributed by atoms with Crippen molar-refractivity contribution in [1.82, 2.24) is 15.3 Å². The molecule has 0 bridgehead atoms. The molecule has 0 unspecified atom stereocenters. The molecule has 1 aromatic carbocycles. The molecule has 1 amide bonds. The van der Waals surface area contributed by atoms with Crippen LogP contribution in [-0.2, 0) is 6.42 Å². The van der Waals surface area contributed by atoms with Crippen molar-refractivity contribution in [3.63, 3.8) is 0 Å². The van der Waals surface area contributed by atoms with Gasteiger partial charge < -0.3 is 10.6 Å². The van der Waals surface area contributed by atoms with E-state index in [1.54, 1.807) is 6.20 Å². The lowest BCUT2D eigenvalue weighted by molar-refractivity contribution is 0.0949. The van der Waals surface area contributed by atoms with Crippen LogP contribution in [0, 0.1) is 0 Å². The quantitative estimate of drug-likeness (QED) is 0.850. The number of carbonyl (C=O) groups excluding carboxylic acids is 1. The number of benzene rings is 1. The van der Waals surface area contributed by atoms with Gasteiger partial charge in [0.2, 0.25) is 0 Å². The Kier molecular flexibility index (Phi) is 4.09. The SMILES string of the molecule is O=C(NCCc1ccccc1)c1cnc(NC2CC2)cn1. The molecule has 108 valence electrons. The summed E-state index contributed by atoms with van der Waals surface area (Å²) in [5.74, 6) is 0.551. The van der Waals surface area contributed by atoms with Crippen LogP contribution in [-0.4, -0.2) is 28.5 Å². The van der Waals surface area contributed by atoms with Gasteiger partial charge in [0.1, 0.15) is 11.5 Å². The Morgan fingerprint density at radius 3 is 2.62 bits per heavy atom. The smallest absolute Gasteiger partial charge is 0.271 e. The molecule has 2 aromatic rings. The second-order valence-electron chi connectivity index (χ2n) is 5.20. The summed E-state index contributed by atoms with van der Waals surface area (Å²) in [5, 5.41) is 6.10. The van der Waals surface area contributed by atoms with E-state index >= 15 is 0 Å². The highest BCUT2D eigenvalue weighted by Gasteiger charge is 2.21. The average molecular weight is 282 g/mol. The largest absolute Gasteiger partial charge is 0.366 e. The van der Waals surface area contributed by atoms with Crippen LogP contribution < -0.4 is 10.6 Å². The molecule has 1 aromatic heterocycles. The Morgan fingerprint density at radius 1 is 1.14 bits per heavy atom. The molecule has 1 aliphatic carbocycles. The Bertz CT molecular complexity index is 593. The lowest BCUT2D eigenvalue weighted by atomic mass is 10.1. The summed E-state index contributed by atoms with van der Waals surface area (Å²) in [6, 6.07) is 10.6. The average Bonchev–Trinajstić information content (AvgIpc) is 3.33. The lowest BCUT2D eigenvalue weighted by Gasteiger charge is -2.06. The fourth-order valence-corrected chi connectivity index (χ4v) is 2.01. The molecule has 1 heterocycles. The summed E-state index contributed by atoms with van der Waals surface area (Å²) >= 11 is 0. The van der Waals surface area contributed by atoms with Crippen LogP contribution in [0.15, 0.2) is 42.7 Å². The predicted octanol–water partition coefficient (Wildman–Crippen LogP) is 2.02. The third-order valence-corrected chi connectivity index (χ3v) is 3.36. The summed E-state index contributed by atoms with van der Waals surface area (Å²) in [7, 11) is 0. The third-order valence-electron chi connectivity index (χ3n) is 3.36. The molecule has 0 aliphatic heterocycles. The number of rotatable bonds is 6. The van der Waals surface area contributed by atoms with E-state index in [2.05, 4.69) is 20.6 Å². The first-order valence-corrected chi connectivity index (χ1v) is 7.22. The molecule has 21 heavy (non-hydrogen) atoms. The molecule has 1 saturated carbocycles. The fourth-order valence-electron chi connectivity index (χ4n) is 2.01. The minimum Gasteiger partial charge on any atom is -0.366 e. The van der Waals surface area contributed by atoms with E-state index in [-0.39, 0.29) is 5.91 Å². The van der Waals surface area contributed by atoms with Crippen molar-refractivity contribution in [3.05, 3.63) is 54.0 Å². The highest BCUT2D eigenvalue weighted by Crippen LogP contribution is 2.23. The van der Waals surface area contributed by atoms with Crippen LogP contribution in [0.4, 0.5) is 5.82 Å². The van der Waals surface area contributed by atoms with Gasteiger partial charge in [0, 0.05) is 12.6 Å². The van der Waals surface area contributed by atoms with Crippen LogP contribution in [0.1, 0.15) is 28.9 Å². The molecule has 0 atom stereocenters. The minimum atomic E-state index is -0.184. The van der Waals surface area contributed by atoms with E-state index in [0.29, 0.717) is 18.3 Å². The number of anilines is 1. The second kappa shape index (κ2) is 6.35. The van der Waals surface area contributed by atoms with Crippen LogP contribution >= 0.6 is 0 Å². The Morgan fingerprint density at radius 2 is 1.95 bits per heavy atom. The number of hydrogen-bond donors (Lipinski definition) is 2. The van der Waals surface area contributed by atoms with Gasteiger partial charge in [0.25, 0.3) is 5.91 Å². The molecule has 1 aliphatic rings. The van der Waals surface area contributed by atoms with Crippen LogP contribution in [0.5, 0.6) is 0 Å². The number of aromatic nitrogens is 2. The Labute approximate surface area is 123 Å². The summed E-state index contributed by atoms with van der Waals surface area (Å²) in [6.07, 6.45) is 6.31. The first kappa shape index (κ1) is 13.5. The van der Waals surface area contributed by atoms with Gasteiger partial charge in [0.05, 0.1) is 12.4 Å². The number of carbonyl (C=O) groups is 1. The summed E-state index contributed by atoms with van der Waals surface area (Å²) in [5.41, 5.74) is 1.55. The third kappa shape index (κ3) is 4.02. The van der Waals surface area contributed by atoms with Crippen molar-refractivity contribution < 1.29 is 4.79 Å². The van der Waals surface area contributed by atoms with Gasteiger partial charge in [-0.2, -0.15) is 0 Å². The summed E-state index contributed by atoms with van der Waals surface area (Å²) in [4.78, 5) is 20.3. The van der Waals surface area contributed by atoms with Crippen LogP contribution in [0.25, 0.3) is 0 Å². The Balaban J connectivity index is 1.48. The maximum atomic E-state index is 11.9. The standard InChI is InChI=1S/C16H18N4O/c21-16(17-9-8-12-4-2-1-3-5-12)14-10-19-15(11-18-14)20-13-6-7-13/h1-5,10-11,13H,6-9H2,(H,17,21)(H,19,20). The summed E-state index contributed by atoms with van der Waals surface area (Å²) < 4.78 is 0. The molecule has 3 rings (SSSR count). The topological polar surface area (TPSA) is 66.9 Å². The van der Waals surface area contributed by atoms with E-state index in [9.17, 15) is 4.79 Å². The van der Waals surface area contributed by atoms with E-state index in [1.807, 2.05) is 30.3 Å². The zero-order valence-corrected chi connectivity index (χ0v) is 11.7. The number of nitrogens with one attached hydrogen (secondary N) is 2. The van der Waals surface area contributed by atoms with Crippen molar-refractivity contribution in [3.8, 4) is 0 Å². The zero-order chi connectivity index (χ0) is 14.5. The maximum Gasteiger partial charge on any atom is 0.271 e. The summed E-state index contributed by atoms with van der Waals surface area (Å²) in [6.45, 7) is 0.590. The van der Waals surface area contributed by atoms with E-state index < -0.39 is 0 Å². The van der Waals surface area contributed by atoms with Gasteiger partial charge in [-0.05, 0) is 24.8 Å². The van der Waals surface area contributed by atoms with Gasteiger partial charge in [0.15, 0.2) is 0 Å². The Hall–Kier alpha value is -2.43. The van der Waals surface area contributed by atoms with E-state index in [0.717, 1.165) is 12.2 Å². The van der Waals surface area contributed by atoms with Crippen molar-refractivity contribution in [2.45, 2.75) is 25.3 Å². The van der Waals surface area contributed by atoms with E-state index in [1.165, 1.54) is 24.6 Å². The maximum absolute atomic E-state index is 11.9. The molecule has 5 heteroatoms. The predicted molar refractivity (Wildman–Crippen MR) is 81.2 cm³/mol. The van der Waals surface area contributed by atoms with E-state index in [4.69, 9.17) is 0 Å². The van der Waals surface area contributed by atoms with Gasteiger partial charge >= 0.3 is 0 Å². The molecule has 0 saturated heterocycles. The monoisotopic (exact) mass is 282 g/mol. The van der Waals surface area contributed by atoms with Gasteiger partial charge in [-0.1, -0.05) is 30.3 Å². The highest BCUT2D eigenvalue weighted by atomic mass is 16.1. The van der Waals surface area contributed by atoms with Crippen molar-refractivity contribution in [2.24, 2.45) is 0 Å². The molecule has 2 N–H and O–H groups in total. The van der Waals surface area contributed by atoms with Crippen molar-refractivity contribution in [1.29, 1.82) is 0 Å². The number of nitrogens with zero attached hydrogens (tertiary/aromatic N) is 2. The van der Waals surface area contributed by atoms with Crippen molar-refractivity contribution >= 4 is 11.7 Å². The van der Waals surface area contributed by atoms with Gasteiger partial charge in [-0.15, -0.1) is 0 Å². The first-order valence-electron chi connectivity index (χ1n) is 7.22. The molecule has 1 fully saturated rings. The van der Waals surface area contributed by atoms with Crippen molar-refractivity contribution in [2.75, 3.05) is 11.9 Å². The van der Waals surface area contributed by atoms with Crippen LogP contribution in [0.2, 0.25) is 0 Å². The molecular formula is C16H18N4O. The van der Waals surface area contributed by atoms with Crippen LogP contribution in [0.3, 0.4) is 0 Å². The first-order chi connectivity index (χ1) is 10.3. The highest BCUT2D eigenvalue weighted by molar-refractivity contribution is 5.91. The second-order valence-corrected chi connectivity index (χ2v) is 5.20. The van der Waals surface area contributed by atoms with Gasteiger partial charge in [-0.25, -0.2) is 9.97 Å². The molecule has 0 spiro atoms. The molecule has 0 radical (unpaired) electrons. The van der Waals surface area contributed by atoms with Gasteiger partial charge in [-0.3, -0.25) is 4.79 Å². The molecular weight excluding hydrogens is 264 g/mol. The minimum absolute atomic E-state index is 0.184. The fraction of sp³-hybridized carbons (Fsp3) is 0.312. The number of amides is 1. The zero-order valence-electron chi connectivity index (χ0n) is 11.7. The molecule has 5 nitrogen and oxygen atoms in total.